The van der Waals surface area contributed by atoms with Gasteiger partial charge in [0.25, 0.3) is 0 Å². The third kappa shape index (κ3) is 23.5. The van der Waals surface area contributed by atoms with Crippen LogP contribution in [0.1, 0.15) is 240 Å². The van der Waals surface area contributed by atoms with Crippen LogP contribution in [0, 0.1) is 28.6 Å². The van der Waals surface area contributed by atoms with E-state index >= 15 is 4.39 Å². The molecule has 0 saturated heterocycles. The van der Waals surface area contributed by atoms with Crippen molar-refractivity contribution in [2.75, 3.05) is 47.3 Å². The summed E-state index contributed by atoms with van der Waals surface area (Å²) in [5, 5.41) is 32.2. The number of unbranched alkanes of at least 4 members (excludes halogenated alkanes) is 20. The van der Waals surface area contributed by atoms with Gasteiger partial charge in [0.2, 0.25) is 5.78 Å². The minimum absolute atomic E-state index is 0.0722. The van der Waals surface area contributed by atoms with Gasteiger partial charge in [-0.15, -0.1) is 0 Å². The van der Waals surface area contributed by atoms with Gasteiger partial charge in [-0.2, -0.15) is 0 Å². The highest BCUT2D eigenvalue weighted by Gasteiger charge is 2.75. The zero-order valence-corrected chi connectivity index (χ0v) is 52.7. The molecule has 0 aromatic heterocycles. The number of ether oxygens (including phenoxy) is 7. The number of fused-ring (bicyclic) bond motifs is 5. The molecule has 0 bridgehead atoms. The Morgan fingerprint density at radius 1 is 0.612 bits per heavy atom. The van der Waals surface area contributed by atoms with Gasteiger partial charge < -0.3 is 48.5 Å². The summed E-state index contributed by atoms with van der Waals surface area (Å²) in [5.41, 5.74) is -5.99. The van der Waals surface area contributed by atoms with Crippen LogP contribution < -0.4 is 0 Å². The van der Waals surface area contributed by atoms with Crippen molar-refractivity contribution >= 4 is 47.4 Å². The Hall–Kier alpha value is -4.59. The second-order valence-electron chi connectivity index (χ2n) is 24.7. The minimum Gasteiger partial charge on any atom is -0.481 e. The molecule has 4 rings (SSSR count). The number of rotatable bonds is 43. The van der Waals surface area contributed by atoms with Crippen LogP contribution in [-0.4, -0.2) is 140 Å². The van der Waals surface area contributed by atoms with Crippen molar-refractivity contribution in [1.82, 2.24) is 0 Å². The number of hydrogen-bond donors (Lipinski definition) is 3. The number of hydrogen-bond acceptors (Lipinski definition) is 17. The van der Waals surface area contributed by atoms with Crippen molar-refractivity contribution in [1.29, 1.82) is 0 Å². The molecule has 19 heteroatoms. The molecule has 3 fully saturated rings. The van der Waals surface area contributed by atoms with Crippen LogP contribution in [0.15, 0.2) is 23.8 Å². The molecular weight excluding hydrogens is 1100 g/mol. The van der Waals surface area contributed by atoms with Gasteiger partial charge in [0, 0.05) is 43.8 Å². The molecule has 3 saturated carbocycles. The number of aliphatic hydroxyl groups excluding tert-OH is 1. The number of alkyl halides is 1. The molecule has 85 heavy (non-hydrogen) atoms. The van der Waals surface area contributed by atoms with Crippen LogP contribution in [0.5, 0.6) is 0 Å². The molecule has 0 spiro atoms. The molecule has 0 radical (unpaired) electrons. The van der Waals surface area contributed by atoms with E-state index in [1.54, 1.807) is 26.8 Å². The first-order chi connectivity index (χ1) is 40.6. The van der Waals surface area contributed by atoms with E-state index in [4.69, 9.17) is 38.3 Å². The number of esters is 5. The van der Waals surface area contributed by atoms with Gasteiger partial charge in [-0.05, 0) is 69.4 Å². The zero-order valence-electron chi connectivity index (χ0n) is 52.7. The Morgan fingerprint density at radius 3 is 1.54 bits per heavy atom. The van der Waals surface area contributed by atoms with Crippen LogP contribution >= 0.6 is 0 Å². The first-order valence-electron chi connectivity index (χ1n) is 32.2. The normalized spacial score (nSPS) is 25.4. The van der Waals surface area contributed by atoms with Crippen LogP contribution in [-0.2, 0) is 71.5 Å². The van der Waals surface area contributed by atoms with Gasteiger partial charge in [0.15, 0.2) is 24.2 Å². The summed E-state index contributed by atoms with van der Waals surface area (Å²) < 4.78 is 53.9. The number of allylic oxidation sites excluding steroid dienone is 4. The molecule has 18 nitrogen and oxygen atoms in total. The Morgan fingerprint density at radius 2 is 1.06 bits per heavy atom. The maximum absolute atomic E-state index is 17.6. The molecule has 0 aliphatic heterocycles. The number of aliphatic carboxylic acids is 1. The molecule has 3 N–H and O–H groups in total. The molecule has 4 aliphatic carbocycles. The van der Waals surface area contributed by atoms with Gasteiger partial charge in [-0.3, -0.25) is 38.4 Å². The monoisotopic (exact) mass is 1210 g/mol. The number of halogens is 1. The summed E-state index contributed by atoms with van der Waals surface area (Å²) in [4.78, 5) is 98.6. The second-order valence-corrected chi connectivity index (χ2v) is 24.7. The summed E-state index contributed by atoms with van der Waals surface area (Å²) in [6.07, 6.45) is 26.7. The summed E-state index contributed by atoms with van der Waals surface area (Å²) in [6.45, 7) is 8.51. The highest BCUT2D eigenvalue weighted by Crippen LogP contribution is 2.70. The standard InChI is InChI=1S/C57H91FO12.C9H16O6/c1-6-8-10-12-14-16-18-20-22-24-26-28-50(62)67-39-45(70-53(65)29-27-25-23-21-19-17-15-13-11-9-7-2)40-68-51(63)32-33-52(64)69-41-49(61)57(66)42(3)36-47-46-31-30-43-37-44(59)34-35-54(43,4)56(46,58)48(60)38-55(47,57)5;1-13-5-7(14-2)6-15-9(12)4-3-8(10)11/h34-35,37,42,45-48,60,66H,6-33,36,38-41H2,1-5H3;7H,3-6H2,1-2H3,(H,10,11)/t42-,45?,46+,47+,48+,54+,55+,56+,57+;/m1./s1. The second kappa shape index (κ2) is 39.3. The fraction of sp³-hybridized carbons (Fsp3) is 0.818. The highest BCUT2D eigenvalue weighted by molar-refractivity contribution is 6.01. The molecule has 486 valence electrons. The Bertz CT molecular complexity index is 2150. The molecule has 0 aromatic rings. The zero-order chi connectivity index (χ0) is 62.9. The minimum atomic E-state index is -2.13. The third-order valence-electron chi connectivity index (χ3n) is 18.3. The van der Waals surface area contributed by atoms with E-state index in [1.165, 1.54) is 116 Å². The van der Waals surface area contributed by atoms with E-state index in [2.05, 4.69) is 13.8 Å². The lowest BCUT2D eigenvalue weighted by atomic mass is 9.44. The topological polar surface area (TPSA) is 262 Å². The summed E-state index contributed by atoms with van der Waals surface area (Å²) >= 11 is 0. The SMILES string of the molecule is CCCCCCCCCCCCCC(=O)OCC(COC(=O)CCC(=O)OCC(=O)[C@@]1(O)[C@H](C)C[C@H]2[C@@H]3CCC4=CC(=O)C=C[C@]4(C)[C@@]3(F)[C@@H](O)C[C@@]21C)OC(=O)CCCCCCCCCCCCC.COCC(COC(=O)CCC(=O)O)OC. The van der Waals surface area contributed by atoms with Crippen molar-refractivity contribution in [2.45, 2.75) is 270 Å². The summed E-state index contributed by atoms with van der Waals surface area (Å²) in [5.74, 6) is -6.94. The number of carbonyl (C=O) groups excluding carboxylic acids is 7. The van der Waals surface area contributed by atoms with Crippen molar-refractivity contribution in [3.05, 3.63) is 23.8 Å². The lowest BCUT2D eigenvalue weighted by Gasteiger charge is -2.62. The average molecular weight is 1210 g/mol. The van der Waals surface area contributed by atoms with Crippen molar-refractivity contribution in [2.24, 2.45) is 28.6 Å². The van der Waals surface area contributed by atoms with Gasteiger partial charge in [-0.25, -0.2) is 4.39 Å². The number of carboxylic acids is 1. The van der Waals surface area contributed by atoms with Gasteiger partial charge in [-0.1, -0.05) is 168 Å². The molecule has 0 aromatic carbocycles. The fourth-order valence-corrected chi connectivity index (χ4v) is 13.3. The molecule has 10 atom stereocenters. The average Bonchev–Trinajstić information content (AvgIpc) is 1.72. The number of carbonyl (C=O) groups is 8. The lowest BCUT2D eigenvalue weighted by Crippen LogP contribution is -2.69. The molecule has 0 heterocycles. The van der Waals surface area contributed by atoms with E-state index in [-0.39, 0.29) is 63.8 Å². The van der Waals surface area contributed by atoms with Crippen LogP contribution in [0.2, 0.25) is 0 Å². The Balaban J connectivity index is 0.00000110. The smallest absolute Gasteiger partial charge is 0.306 e. The summed E-state index contributed by atoms with van der Waals surface area (Å²) in [7, 11) is 2.99. The van der Waals surface area contributed by atoms with Crippen molar-refractivity contribution in [3.8, 4) is 0 Å². The van der Waals surface area contributed by atoms with E-state index in [0.29, 0.717) is 44.3 Å². The van der Waals surface area contributed by atoms with Crippen LogP contribution in [0.25, 0.3) is 0 Å². The highest BCUT2D eigenvalue weighted by atomic mass is 19.1. The van der Waals surface area contributed by atoms with E-state index in [0.717, 1.165) is 38.5 Å². The number of Topliss-reactive ketones (excluding diaryl/α,β-unsaturated/α-hetero) is 1. The number of ketones is 2. The number of aliphatic hydroxyl groups is 2. The molecule has 0 amide bonds. The predicted octanol–water partition coefficient (Wildman–Crippen LogP) is 11.7. The molecule has 2 unspecified atom stereocenters. The van der Waals surface area contributed by atoms with Crippen molar-refractivity contribution < 1.29 is 91.2 Å². The Labute approximate surface area is 506 Å². The van der Waals surface area contributed by atoms with Gasteiger partial charge in [0.05, 0.1) is 38.4 Å². The lowest BCUT2D eigenvalue weighted by molar-refractivity contribution is -0.220. The predicted molar refractivity (Wildman–Crippen MR) is 318 cm³/mol. The van der Waals surface area contributed by atoms with E-state index in [9.17, 15) is 48.6 Å². The maximum Gasteiger partial charge on any atom is 0.306 e. The van der Waals surface area contributed by atoms with E-state index in [1.807, 2.05) is 0 Å². The fourth-order valence-electron chi connectivity index (χ4n) is 13.3. The largest absolute Gasteiger partial charge is 0.481 e. The van der Waals surface area contributed by atoms with Gasteiger partial charge in [0.1, 0.15) is 31.5 Å². The first kappa shape index (κ1) is 74.7. The number of methoxy groups -OCH3 is 2. The molecule has 4 aliphatic rings. The third-order valence-corrected chi connectivity index (χ3v) is 18.3. The quantitative estimate of drug-likeness (QED) is 0.0291. The Kier molecular flexibility index (Phi) is 34.6. The summed E-state index contributed by atoms with van der Waals surface area (Å²) in [6, 6.07) is 0. The van der Waals surface area contributed by atoms with Gasteiger partial charge >= 0.3 is 35.8 Å². The molecular formula is C66H107FO18. The van der Waals surface area contributed by atoms with E-state index < -0.39 is 113 Å². The van der Waals surface area contributed by atoms with Crippen molar-refractivity contribution in [3.63, 3.8) is 0 Å². The van der Waals surface area contributed by atoms with Crippen LogP contribution in [0.3, 0.4) is 0 Å². The maximum atomic E-state index is 17.6. The number of carboxylic acid groups (broad SMARTS) is 1. The first-order valence-corrected chi connectivity index (χ1v) is 32.2. The van der Waals surface area contributed by atoms with Crippen LogP contribution in [0.4, 0.5) is 4.39 Å².